The number of halogens is 1. The number of fused-ring (bicyclic) bond motifs is 1. The van der Waals surface area contributed by atoms with E-state index >= 15 is 0 Å². The monoisotopic (exact) mass is 209 g/mol. The molecule has 5 heteroatoms. The number of ether oxygens (including phenoxy) is 1. The molecular weight excluding hydrogens is 197 g/mol. The lowest BCUT2D eigenvalue weighted by Crippen LogP contribution is -2.11. The van der Waals surface area contributed by atoms with E-state index in [1.54, 1.807) is 17.8 Å². The van der Waals surface area contributed by atoms with Crippen molar-refractivity contribution in [1.29, 1.82) is 0 Å². The highest BCUT2D eigenvalue weighted by atomic mass is 19.1. The SMILES string of the molecule is Cn1nc(OCCN)c2cc(F)ccc21. The average molecular weight is 209 g/mol. The molecule has 0 amide bonds. The van der Waals surface area contributed by atoms with Gasteiger partial charge in [-0.1, -0.05) is 0 Å². The molecule has 0 atom stereocenters. The van der Waals surface area contributed by atoms with E-state index in [4.69, 9.17) is 10.5 Å². The fourth-order valence-electron chi connectivity index (χ4n) is 1.47. The van der Waals surface area contributed by atoms with Crippen molar-refractivity contribution in [2.24, 2.45) is 12.8 Å². The Labute approximate surface area is 86.4 Å². The van der Waals surface area contributed by atoms with Gasteiger partial charge in [-0.05, 0) is 18.2 Å². The highest BCUT2D eigenvalue weighted by molar-refractivity contribution is 5.84. The average Bonchev–Trinajstić information content (AvgIpc) is 2.52. The molecule has 2 rings (SSSR count). The lowest BCUT2D eigenvalue weighted by Gasteiger charge is -1.99. The predicted molar refractivity (Wildman–Crippen MR) is 55.2 cm³/mol. The molecule has 1 aromatic heterocycles. The molecule has 0 aliphatic carbocycles. The Bertz CT molecular complexity index is 481. The van der Waals surface area contributed by atoms with Gasteiger partial charge < -0.3 is 10.5 Å². The molecule has 0 fully saturated rings. The molecule has 80 valence electrons. The Morgan fingerprint density at radius 2 is 2.33 bits per heavy atom. The summed E-state index contributed by atoms with van der Waals surface area (Å²) in [5.74, 6) is 0.130. The van der Waals surface area contributed by atoms with Gasteiger partial charge in [0, 0.05) is 13.6 Å². The Morgan fingerprint density at radius 1 is 1.53 bits per heavy atom. The normalized spacial score (nSPS) is 10.9. The summed E-state index contributed by atoms with van der Waals surface area (Å²) in [6.45, 7) is 0.788. The van der Waals surface area contributed by atoms with Gasteiger partial charge in [-0.3, -0.25) is 4.68 Å². The zero-order chi connectivity index (χ0) is 10.8. The van der Waals surface area contributed by atoms with Gasteiger partial charge in [-0.2, -0.15) is 0 Å². The lowest BCUT2D eigenvalue weighted by atomic mass is 10.2. The summed E-state index contributed by atoms with van der Waals surface area (Å²) in [6, 6.07) is 4.48. The third-order valence-electron chi connectivity index (χ3n) is 2.14. The first-order valence-electron chi connectivity index (χ1n) is 4.67. The first kappa shape index (κ1) is 9.92. The van der Waals surface area contributed by atoms with Crippen molar-refractivity contribution >= 4 is 10.9 Å². The number of nitrogens with two attached hydrogens (primary N) is 1. The minimum Gasteiger partial charge on any atom is -0.475 e. The topological polar surface area (TPSA) is 53.1 Å². The second-order valence-corrected chi connectivity index (χ2v) is 3.23. The highest BCUT2D eigenvalue weighted by Crippen LogP contribution is 2.24. The summed E-state index contributed by atoms with van der Waals surface area (Å²) < 4.78 is 20.0. The van der Waals surface area contributed by atoms with Gasteiger partial charge in [0.1, 0.15) is 12.4 Å². The number of nitrogens with zero attached hydrogens (tertiary/aromatic N) is 2. The van der Waals surface area contributed by atoms with Gasteiger partial charge in [0.15, 0.2) is 0 Å². The van der Waals surface area contributed by atoms with Crippen LogP contribution in [0.15, 0.2) is 18.2 Å². The van der Waals surface area contributed by atoms with Crippen molar-refractivity contribution in [1.82, 2.24) is 9.78 Å². The van der Waals surface area contributed by atoms with Crippen LogP contribution in [0.2, 0.25) is 0 Å². The van der Waals surface area contributed by atoms with Crippen LogP contribution >= 0.6 is 0 Å². The van der Waals surface area contributed by atoms with Crippen molar-refractivity contribution in [2.75, 3.05) is 13.2 Å². The van der Waals surface area contributed by atoms with Crippen molar-refractivity contribution in [3.8, 4) is 5.88 Å². The van der Waals surface area contributed by atoms with Crippen molar-refractivity contribution in [3.63, 3.8) is 0 Å². The first-order chi connectivity index (χ1) is 7.22. The summed E-state index contributed by atoms with van der Waals surface area (Å²) in [6.07, 6.45) is 0. The van der Waals surface area contributed by atoms with E-state index in [0.717, 1.165) is 5.52 Å². The second kappa shape index (κ2) is 3.86. The standard InChI is InChI=1S/C10H12FN3O/c1-14-9-3-2-7(11)6-8(9)10(13-14)15-5-4-12/h2-3,6H,4-5,12H2,1H3. The van der Waals surface area contributed by atoms with E-state index in [1.165, 1.54) is 12.1 Å². The van der Waals surface area contributed by atoms with Crippen LogP contribution in [0, 0.1) is 5.82 Å². The Morgan fingerprint density at radius 3 is 3.07 bits per heavy atom. The molecule has 0 unspecified atom stereocenters. The fraction of sp³-hybridized carbons (Fsp3) is 0.300. The molecule has 0 radical (unpaired) electrons. The smallest absolute Gasteiger partial charge is 0.240 e. The maximum Gasteiger partial charge on any atom is 0.240 e. The number of benzene rings is 1. The summed E-state index contributed by atoms with van der Waals surface area (Å²) in [5, 5.41) is 4.81. The largest absolute Gasteiger partial charge is 0.475 e. The first-order valence-corrected chi connectivity index (χ1v) is 4.67. The molecule has 1 heterocycles. The van der Waals surface area contributed by atoms with Crippen LogP contribution < -0.4 is 10.5 Å². The zero-order valence-electron chi connectivity index (χ0n) is 8.40. The van der Waals surface area contributed by atoms with Crippen LogP contribution in [-0.4, -0.2) is 22.9 Å². The quantitative estimate of drug-likeness (QED) is 0.822. The van der Waals surface area contributed by atoms with Gasteiger partial charge in [0.2, 0.25) is 5.88 Å². The number of hydrogen-bond donors (Lipinski definition) is 1. The molecule has 0 saturated carbocycles. The predicted octanol–water partition coefficient (Wildman–Crippen LogP) is 1.05. The van der Waals surface area contributed by atoms with Crippen molar-refractivity contribution in [3.05, 3.63) is 24.0 Å². The van der Waals surface area contributed by atoms with Gasteiger partial charge >= 0.3 is 0 Å². The Hall–Kier alpha value is -1.62. The molecule has 0 spiro atoms. The van der Waals surface area contributed by atoms with E-state index in [9.17, 15) is 4.39 Å². The summed E-state index contributed by atoms with van der Waals surface area (Å²) in [7, 11) is 1.79. The summed E-state index contributed by atoms with van der Waals surface area (Å²) in [5.41, 5.74) is 6.16. The van der Waals surface area contributed by atoms with E-state index in [0.29, 0.717) is 24.4 Å². The summed E-state index contributed by atoms with van der Waals surface area (Å²) >= 11 is 0. The van der Waals surface area contributed by atoms with Crippen LogP contribution in [0.25, 0.3) is 10.9 Å². The number of rotatable bonds is 3. The molecule has 0 aliphatic heterocycles. The number of aromatic nitrogens is 2. The van der Waals surface area contributed by atoms with Gasteiger partial charge in [-0.15, -0.1) is 5.10 Å². The van der Waals surface area contributed by atoms with Crippen LogP contribution in [0.3, 0.4) is 0 Å². The maximum absolute atomic E-state index is 13.0. The molecule has 2 N–H and O–H groups in total. The van der Waals surface area contributed by atoms with Crippen LogP contribution in [0.1, 0.15) is 0 Å². The molecule has 0 saturated heterocycles. The number of aryl methyl sites for hydroxylation is 1. The molecule has 2 aromatic rings. The van der Waals surface area contributed by atoms with Crippen LogP contribution in [0.4, 0.5) is 4.39 Å². The molecule has 4 nitrogen and oxygen atoms in total. The molecule has 0 aliphatic rings. The Kier molecular flexibility index (Phi) is 2.55. The fourth-order valence-corrected chi connectivity index (χ4v) is 1.47. The molecular formula is C10H12FN3O. The third-order valence-corrected chi connectivity index (χ3v) is 2.14. The maximum atomic E-state index is 13.0. The molecule has 15 heavy (non-hydrogen) atoms. The van der Waals surface area contributed by atoms with E-state index in [-0.39, 0.29) is 5.82 Å². The van der Waals surface area contributed by atoms with E-state index < -0.39 is 0 Å². The lowest BCUT2D eigenvalue weighted by molar-refractivity contribution is 0.315. The Balaban J connectivity index is 2.49. The molecule has 0 bridgehead atoms. The van der Waals surface area contributed by atoms with Crippen molar-refractivity contribution in [2.45, 2.75) is 0 Å². The third kappa shape index (κ3) is 1.78. The van der Waals surface area contributed by atoms with Crippen LogP contribution in [0.5, 0.6) is 5.88 Å². The van der Waals surface area contributed by atoms with Crippen LogP contribution in [-0.2, 0) is 7.05 Å². The zero-order valence-corrected chi connectivity index (χ0v) is 8.40. The summed E-state index contributed by atoms with van der Waals surface area (Å²) in [4.78, 5) is 0. The minimum atomic E-state index is -0.298. The van der Waals surface area contributed by atoms with Crippen molar-refractivity contribution < 1.29 is 9.13 Å². The van der Waals surface area contributed by atoms with Gasteiger partial charge in [0.25, 0.3) is 0 Å². The second-order valence-electron chi connectivity index (χ2n) is 3.23. The minimum absolute atomic E-state index is 0.298. The van der Waals surface area contributed by atoms with Gasteiger partial charge in [0.05, 0.1) is 10.9 Å². The number of hydrogen-bond acceptors (Lipinski definition) is 3. The van der Waals surface area contributed by atoms with Gasteiger partial charge in [-0.25, -0.2) is 4.39 Å². The van der Waals surface area contributed by atoms with E-state index in [2.05, 4.69) is 5.10 Å². The molecule has 1 aromatic carbocycles. The van der Waals surface area contributed by atoms with E-state index in [1.807, 2.05) is 0 Å². The highest BCUT2D eigenvalue weighted by Gasteiger charge is 2.09.